The molecule has 1 aromatic rings. The molecule has 0 aliphatic carbocycles. The molecule has 7 heteroatoms. The number of carboxylic acid groups (broad SMARTS) is 1. The quantitative estimate of drug-likeness (QED) is 0.769. The summed E-state index contributed by atoms with van der Waals surface area (Å²) in [4.78, 5) is 20.4. The van der Waals surface area contributed by atoms with Crippen molar-refractivity contribution in [2.45, 2.75) is 6.92 Å². The van der Waals surface area contributed by atoms with Crippen LogP contribution in [0.5, 0.6) is 0 Å². The average Bonchev–Trinajstić information content (AvgIpc) is 2.33. The Morgan fingerprint density at radius 3 is 2.89 bits per heavy atom. The molecule has 0 aromatic carbocycles. The van der Waals surface area contributed by atoms with E-state index in [1.165, 1.54) is 12.0 Å². The van der Waals surface area contributed by atoms with Gasteiger partial charge in [-0.05, 0) is 13.0 Å². The molecule has 18 heavy (non-hydrogen) atoms. The van der Waals surface area contributed by atoms with E-state index < -0.39 is 5.97 Å². The maximum Gasteiger partial charge on any atom is 0.323 e. The van der Waals surface area contributed by atoms with Gasteiger partial charge < -0.3 is 14.7 Å². The summed E-state index contributed by atoms with van der Waals surface area (Å²) in [5, 5.41) is 17.7. The smallest absolute Gasteiger partial charge is 0.323 e. The van der Waals surface area contributed by atoms with Crippen molar-refractivity contribution < 1.29 is 14.6 Å². The summed E-state index contributed by atoms with van der Waals surface area (Å²) in [6.45, 7) is 2.18. The Morgan fingerprint density at radius 2 is 2.33 bits per heavy atom. The number of nitriles is 1. The van der Waals surface area contributed by atoms with Gasteiger partial charge in [0.05, 0.1) is 6.61 Å². The van der Waals surface area contributed by atoms with Gasteiger partial charge >= 0.3 is 5.97 Å². The van der Waals surface area contributed by atoms with Gasteiger partial charge in [0.2, 0.25) is 5.95 Å². The molecule has 1 heterocycles. The van der Waals surface area contributed by atoms with Crippen molar-refractivity contribution in [1.82, 2.24) is 9.97 Å². The van der Waals surface area contributed by atoms with Crippen molar-refractivity contribution in [1.29, 1.82) is 5.26 Å². The maximum absolute atomic E-state index is 10.8. The van der Waals surface area contributed by atoms with Crippen LogP contribution in [0.1, 0.15) is 11.4 Å². The number of hydrogen-bond acceptors (Lipinski definition) is 6. The van der Waals surface area contributed by atoms with Crippen molar-refractivity contribution >= 4 is 11.9 Å². The number of nitrogens with zero attached hydrogens (tertiary/aromatic N) is 4. The van der Waals surface area contributed by atoms with Gasteiger partial charge in [-0.1, -0.05) is 0 Å². The highest BCUT2D eigenvalue weighted by Crippen LogP contribution is 2.09. The van der Waals surface area contributed by atoms with E-state index in [0.29, 0.717) is 18.8 Å². The van der Waals surface area contributed by atoms with Crippen LogP contribution < -0.4 is 4.90 Å². The number of rotatable bonds is 6. The first-order valence-corrected chi connectivity index (χ1v) is 5.28. The SMILES string of the molecule is COCCN(CC(=O)O)c1nc(C)cc(C#N)n1. The van der Waals surface area contributed by atoms with Gasteiger partial charge in [0.1, 0.15) is 18.3 Å². The van der Waals surface area contributed by atoms with Gasteiger partial charge in [0, 0.05) is 19.3 Å². The number of aryl methyl sites for hydroxylation is 1. The first-order chi connectivity index (χ1) is 8.56. The third-order valence-electron chi connectivity index (χ3n) is 2.13. The fraction of sp³-hybridized carbons (Fsp3) is 0.455. The zero-order chi connectivity index (χ0) is 13.5. The molecule has 0 bridgehead atoms. The molecule has 1 N–H and O–H groups in total. The lowest BCUT2D eigenvalue weighted by atomic mass is 10.3. The number of anilines is 1. The molecule has 7 nitrogen and oxygen atoms in total. The summed E-state index contributed by atoms with van der Waals surface area (Å²) in [5.74, 6) is -0.763. The normalized spacial score (nSPS) is 9.83. The predicted molar refractivity (Wildman–Crippen MR) is 63.2 cm³/mol. The molecule has 0 aliphatic heterocycles. The van der Waals surface area contributed by atoms with Crippen molar-refractivity contribution in [3.8, 4) is 6.07 Å². The molecule has 96 valence electrons. The molecule has 0 fully saturated rings. The van der Waals surface area contributed by atoms with Gasteiger partial charge in [-0.25, -0.2) is 9.97 Å². The number of aromatic nitrogens is 2. The number of carbonyl (C=O) groups is 1. The molecule has 0 amide bonds. The second-order valence-corrected chi connectivity index (χ2v) is 3.61. The number of ether oxygens (including phenoxy) is 1. The standard InChI is InChI=1S/C11H14N4O3/c1-8-5-9(6-12)14-11(13-8)15(3-4-18-2)7-10(16)17/h5H,3-4,7H2,1-2H3,(H,16,17). The third kappa shape index (κ3) is 3.99. The first-order valence-electron chi connectivity index (χ1n) is 5.28. The Kier molecular flexibility index (Phi) is 5.02. The van der Waals surface area contributed by atoms with Crippen molar-refractivity contribution in [2.75, 3.05) is 31.7 Å². The Labute approximate surface area is 105 Å². The number of carboxylic acids is 1. The van der Waals surface area contributed by atoms with Crippen LogP contribution >= 0.6 is 0 Å². The van der Waals surface area contributed by atoms with Crippen LogP contribution in [-0.2, 0) is 9.53 Å². The predicted octanol–water partition coefficient (Wildman–Crippen LogP) is 0.194. The van der Waals surface area contributed by atoms with E-state index in [1.807, 2.05) is 6.07 Å². The van der Waals surface area contributed by atoms with Crippen LogP contribution in [0.2, 0.25) is 0 Å². The lowest BCUT2D eigenvalue weighted by Gasteiger charge is -2.20. The second-order valence-electron chi connectivity index (χ2n) is 3.61. The van der Waals surface area contributed by atoms with E-state index in [0.717, 1.165) is 0 Å². The third-order valence-corrected chi connectivity index (χ3v) is 2.13. The summed E-state index contributed by atoms with van der Waals surface area (Å²) in [7, 11) is 1.52. The summed E-state index contributed by atoms with van der Waals surface area (Å²) >= 11 is 0. The van der Waals surface area contributed by atoms with Crippen LogP contribution in [0.3, 0.4) is 0 Å². The van der Waals surface area contributed by atoms with Crippen LogP contribution in [-0.4, -0.2) is 47.8 Å². The fourth-order valence-electron chi connectivity index (χ4n) is 1.37. The minimum Gasteiger partial charge on any atom is -0.480 e. The molecule has 0 saturated heterocycles. The summed E-state index contributed by atoms with van der Waals surface area (Å²) in [6.07, 6.45) is 0. The zero-order valence-electron chi connectivity index (χ0n) is 10.3. The van der Waals surface area contributed by atoms with Crippen LogP contribution in [0.25, 0.3) is 0 Å². The number of aliphatic carboxylic acids is 1. The van der Waals surface area contributed by atoms with Gasteiger partial charge in [-0.15, -0.1) is 0 Å². The monoisotopic (exact) mass is 250 g/mol. The van der Waals surface area contributed by atoms with Gasteiger partial charge in [-0.2, -0.15) is 5.26 Å². The van der Waals surface area contributed by atoms with Gasteiger partial charge in [0.15, 0.2) is 0 Å². The van der Waals surface area contributed by atoms with Crippen molar-refractivity contribution in [2.24, 2.45) is 0 Å². The van der Waals surface area contributed by atoms with E-state index in [9.17, 15) is 4.79 Å². The number of hydrogen-bond donors (Lipinski definition) is 1. The van der Waals surface area contributed by atoms with Gasteiger partial charge in [-0.3, -0.25) is 4.79 Å². The van der Waals surface area contributed by atoms with E-state index in [1.54, 1.807) is 13.0 Å². The van der Waals surface area contributed by atoms with E-state index >= 15 is 0 Å². The second kappa shape index (κ2) is 6.51. The highest BCUT2D eigenvalue weighted by Gasteiger charge is 2.14. The lowest BCUT2D eigenvalue weighted by molar-refractivity contribution is -0.135. The highest BCUT2D eigenvalue weighted by atomic mass is 16.5. The average molecular weight is 250 g/mol. The minimum atomic E-state index is -0.991. The fourth-order valence-corrected chi connectivity index (χ4v) is 1.37. The number of methoxy groups -OCH3 is 1. The van der Waals surface area contributed by atoms with E-state index in [-0.39, 0.29) is 18.2 Å². The molecule has 1 rings (SSSR count). The molecule has 0 atom stereocenters. The highest BCUT2D eigenvalue weighted by molar-refractivity contribution is 5.72. The molecule has 0 aliphatic rings. The van der Waals surface area contributed by atoms with Crippen LogP contribution in [0.15, 0.2) is 6.07 Å². The largest absolute Gasteiger partial charge is 0.480 e. The Balaban J connectivity index is 2.99. The summed E-state index contributed by atoms with van der Waals surface area (Å²) in [6, 6.07) is 3.46. The zero-order valence-corrected chi connectivity index (χ0v) is 10.3. The Hall–Kier alpha value is -2.20. The molecule has 0 spiro atoms. The van der Waals surface area contributed by atoms with Gasteiger partial charge in [0.25, 0.3) is 0 Å². The molecule has 0 radical (unpaired) electrons. The van der Waals surface area contributed by atoms with E-state index in [2.05, 4.69) is 9.97 Å². The van der Waals surface area contributed by atoms with Crippen LogP contribution in [0, 0.1) is 18.3 Å². The lowest BCUT2D eigenvalue weighted by Crippen LogP contribution is -2.34. The molecule has 0 saturated carbocycles. The molecule has 1 aromatic heterocycles. The molecular formula is C11H14N4O3. The Morgan fingerprint density at radius 1 is 1.61 bits per heavy atom. The summed E-state index contributed by atoms with van der Waals surface area (Å²) in [5.41, 5.74) is 0.828. The van der Waals surface area contributed by atoms with E-state index in [4.69, 9.17) is 15.1 Å². The minimum absolute atomic E-state index is 0.213. The summed E-state index contributed by atoms with van der Waals surface area (Å²) < 4.78 is 4.91. The maximum atomic E-state index is 10.8. The van der Waals surface area contributed by atoms with Crippen LogP contribution in [0.4, 0.5) is 5.95 Å². The topological polar surface area (TPSA) is 99.3 Å². The first kappa shape index (κ1) is 13.9. The van der Waals surface area contributed by atoms with Crippen molar-refractivity contribution in [3.63, 3.8) is 0 Å². The molecule has 0 unspecified atom stereocenters. The Bertz CT molecular complexity index is 470. The molecular weight excluding hydrogens is 236 g/mol. The van der Waals surface area contributed by atoms with Crippen molar-refractivity contribution in [3.05, 3.63) is 17.5 Å².